The highest BCUT2D eigenvalue weighted by atomic mass is 16.5. The number of likely N-dealkylation sites (tertiary alicyclic amines) is 1. The van der Waals surface area contributed by atoms with Crippen LogP contribution in [0.2, 0.25) is 0 Å². The molecule has 31 heavy (non-hydrogen) atoms. The van der Waals surface area contributed by atoms with E-state index in [0.29, 0.717) is 31.5 Å². The Morgan fingerprint density at radius 1 is 1.03 bits per heavy atom. The van der Waals surface area contributed by atoms with Crippen molar-refractivity contribution in [3.63, 3.8) is 0 Å². The summed E-state index contributed by atoms with van der Waals surface area (Å²) in [5.74, 6) is 0.468. The number of ether oxygens (including phenoxy) is 1. The number of benzene rings is 2. The molecule has 1 saturated heterocycles. The number of carbonyl (C=O) groups is 2. The minimum Gasteiger partial charge on any atom is -0.497 e. The monoisotopic (exact) mass is 421 g/mol. The maximum Gasteiger partial charge on any atom is 0.253 e. The fourth-order valence-corrected chi connectivity index (χ4v) is 3.59. The summed E-state index contributed by atoms with van der Waals surface area (Å²) < 4.78 is 5.13. The molecule has 1 aliphatic heterocycles. The van der Waals surface area contributed by atoms with Crippen molar-refractivity contribution in [1.29, 1.82) is 0 Å². The molecule has 0 radical (unpaired) electrons. The van der Waals surface area contributed by atoms with E-state index in [4.69, 9.17) is 4.74 Å². The molecule has 1 N–H and O–H groups in total. The minimum atomic E-state index is -0.139. The van der Waals surface area contributed by atoms with Crippen LogP contribution in [0.1, 0.15) is 55.1 Å². The van der Waals surface area contributed by atoms with Crippen LogP contribution in [0.5, 0.6) is 5.75 Å². The standard InChI is InChI=1S/C25H31N3O3/c1-25(2,3)21-9-5-18(6-10-21)17-26-27-23(29)19-13-15-28(16-14-19)24(30)20-7-11-22(31-4)12-8-20/h5-12,17,19H,13-16H2,1-4H3,(H,27,29)/b26-17-. The smallest absolute Gasteiger partial charge is 0.253 e. The molecule has 1 heterocycles. The number of amides is 2. The van der Waals surface area contributed by atoms with Gasteiger partial charge in [0.25, 0.3) is 5.91 Å². The highest BCUT2D eigenvalue weighted by Gasteiger charge is 2.27. The lowest BCUT2D eigenvalue weighted by Gasteiger charge is -2.31. The molecule has 0 saturated carbocycles. The number of methoxy groups -OCH3 is 1. The van der Waals surface area contributed by atoms with E-state index in [1.165, 1.54) is 5.56 Å². The van der Waals surface area contributed by atoms with Crippen molar-refractivity contribution in [2.45, 2.75) is 39.0 Å². The summed E-state index contributed by atoms with van der Waals surface area (Å²) in [6.07, 6.45) is 2.92. The molecule has 0 aliphatic carbocycles. The van der Waals surface area contributed by atoms with E-state index in [0.717, 1.165) is 11.3 Å². The lowest BCUT2D eigenvalue weighted by molar-refractivity contribution is -0.126. The van der Waals surface area contributed by atoms with Crippen molar-refractivity contribution in [2.24, 2.45) is 11.0 Å². The average Bonchev–Trinajstić information content (AvgIpc) is 2.78. The molecule has 6 nitrogen and oxygen atoms in total. The predicted molar refractivity (Wildman–Crippen MR) is 123 cm³/mol. The third kappa shape index (κ3) is 5.94. The quantitative estimate of drug-likeness (QED) is 0.586. The molecule has 0 atom stereocenters. The summed E-state index contributed by atoms with van der Waals surface area (Å²) >= 11 is 0. The predicted octanol–water partition coefficient (Wildman–Crippen LogP) is 4.00. The Bertz CT molecular complexity index is 920. The van der Waals surface area contributed by atoms with Crippen molar-refractivity contribution in [2.75, 3.05) is 20.2 Å². The van der Waals surface area contributed by atoms with Gasteiger partial charge in [0.15, 0.2) is 0 Å². The van der Waals surface area contributed by atoms with Crippen LogP contribution in [0.3, 0.4) is 0 Å². The van der Waals surface area contributed by atoms with E-state index in [-0.39, 0.29) is 23.1 Å². The van der Waals surface area contributed by atoms with Gasteiger partial charge in [-0.1, -0.05) is 45.0 Å². The third-order valence-electron chi connectivity index (χ3n) is 5.66. The SMILES string of the molecule is COc1ccc(C(=O)N2CCC(C(=O)N/N=C\c3ccc(C(C)(C)C)cc3)CC2)cc1. The molecule has 2 aromatic carbocycles. The van der Waals surface area contributed by atoms with E-state index in [1.807, 2.05) is 12.1 Å². The van der Waals surface area contributed by atoms with Gasteiger partial charge in [-0.25, -0.2) is 5.43 Å². The van der Waals surface area contributed by atoms with Crippen molar-refractivity contribution < 1.29 is 14.3 Å². The number of nitrogens with one attached hydrogen (secondary N) is 1. The van der Waals surface area contributed by atoms with E-state index in [9.17, 15) is 9.59 Å². The number of nitrogens with zero attached hydrogens (tertiary/aromatic N) is 2. The second kappa shape index (κ2) is 9.77. The van der Waals surface area contributed by atoms with Crippen LogP contribution in [0.4, 0.5) is 0 Å². The molecule has 1 fully saturated rings. The van der Waals surface area contributed by atoms with Crippen molar-refractivity contribution in [3.05, 3.63) is 65.2 Å². The van der Waals surface area contributed by atoms with Gasteiger partial charge in [-0.15, -0.1) is 0 Å². The van der Waals surface area contributed by atoms with E-state index >= 15 is 0 Å². The number of hydrogen-bond donors (Lipinski definition) is 1. The average molecular weight is 422 g/mol. The fourth-order valence-electron chi connectivity index (χ4n) is 3.59. The van der Waals surface area contributed by atoms with Crippen LogP contribution in [-0.2, 0) is 10.2 Å². The molecule has 3 rings (SSSR count). The lowest BCUT2D eigenvalue weighted by atomic mass is 9.87. The lowest BCUT2D eigenvalue weighted by Crippen LogP contribution is -2.42. The summed E-state index contributed by atoms with van der Waals surface area (Å²) in [7, 11) is 1.60. The van der Waals surface area contributed by atoms with Crippen LogP contribution >= 0.6 is 0 Å². The van der Waals surface area contributed by atoms with Gasteiger partial charge in [0.2, 0.25) is 5.91 Å². The van der Waals surface area contributed by atoms with Crippen molar-refractivity contribution in [3.8, 4) is 5.75 Å². The molecule has 0 spiro atoms. The Kier molecular flexibility index (Phi) is 7.10. The van der Waals surface area contributed by atoms with Crippen molar-refractivity contribution in [1.82, 2.24) is 10.3 Å². The van der Waals surface area contributed by atoms with Gasteiger partial charge >= 0.3 is 0 Å². The Hall–Kier alpha value is -3.15. The van der Waals surface area contributed by atoms with Crippen LogP contribution in [0, 0.1) is 5.92 Å². The Labute approximate surface area is 184 Å². The number of carbonyl (C=O) groups excluding carboxylic acids is 2. The van der Waals surface area contributed by atoms with E-state index in [1.54, 1.807) is 42.5 Å². The third-order valence-corrected chi connectivity index (χ3v) is 5.66. The first kappa shape index (κ1) is 22.5. The van der Waals surface area contributed by atoms with Gasteiger partial charge in [-0.3, -0.25) is 9.59 Å². The maximum atomic E-state index is 12.7. The molecule has 0 bridgehead atoms. The molecule has 0 aromatic heterocycles. The van der Waals surface area contributed by atoms with Crippen molar-refractivity contribution >= 4 is 18.0 Å². The van der Waals surface area contributed by atoms with Gasteiger partial charge in [0.05, 0.1) is 13.3 Å². The van der Waals surface area contributed by atoms with Crippen LogP contribution in [0.15, 0.2) is 53.6 Å². The zero-order valence-electron chi connectivity index (χ0n) is 18.7. The Morgan fingerprint density at radius 2 is 1.65 bits per heavy atom. The highest BCUT2D eigenvalue weighted by molar-refractivity contribution is 5.94. The van der Waals surface area contributed by atoms with E-state index < -0.39 is 0 Å². The summed E-state index contributed by atoms with van der Waals surface area (Å²) in [6.45, 7) is 7.63. The molecule has 2 aromatic rings. The molecule has 2 amide bonds. The molecule has 1 aliphatic rings. The number of rotatable bonds is 5. The van der Waals surface area contributed by atoms with Crippen LogP contribution in [0.25, 0.3) is 0 Å². The van der Waals surface area contributed by atoms with E-state index in [2.05, 4.69) is 43.4 Å². The van der Waals surface area contributed by atoms with Gasteiger partial charge in [-0.05, 0) is 53.6 Å². The maximum absolute atomic E-state index is 12.7. The fraction of sp³-hybridized carbons (Fsp3) is 0.400. The molecule has 0 unspecified atom stereocenters. The summed E-state index contributed by atoms with van der Waals surface area (Å²) in [4.78, 5) is 26.9. The summed E-state index contributed by atoms with van der Waals surface area (Å²) in [5, 5.41) is 4.11. The molecule has 164 valence electrons. The van der Waals surface area contributed by atoms with Gasteiger partial charge in [0.1, 0.15) is 5.75 Å². The second-order valence-electron chi connectivity index (χ2n) is 8.90. The Balaban J connectivity index is 1.47. The second-order valence-corrected chi connectivity index (χ2v) is 8.90. The molecular formula is C25H31N3O3. The minimum absolute atomic E-state index is 0.0155. The molecule has 6 heteroatoms. The van der Waals surface area contributed by atoms with Gasteiger partial charge < -0.3 is 9.64 Å². The highest BCUT2D eigenvalue weighted by Crippen LogP contribution is 2.22. The van der Waals surface area contributed by atoms with Crippen LogP contribution < -0.4 is 10.2 Å². The number of hydrazone groups is 1. The van der Waals surface area contributed by atoms with Crippen LogP contribution in [-0.4, -0.2) is 43.1 Å². The zero-order chi connectivity index (χ0) is 22.4. The number of hydrogen-bond acceptors (Lipinski definition) is 4. The van der Waals surface area contributed by atoms with Gasteiger partial charge in [-0.2, -0.15) is 5.10 Å². The van der Waals surface area contributed by atoms with Gasteiger partial charge in [0, 0.05) is 24.6 Å². The normalized spacial score (nSPS) is 15.2. The summed E-state index contributed by atoms with van der Waals surface area (Å²) in [6, 6.07) is 15.3. The molecular weight excluding hydrogens is 390 g/mol. The number of piperidine rings is 1. The topological polar surface area (TPSA) is 71.0 Å². The Morgan fingerprint density at radius 3 is 2.19 bits per heavy atom. The largest absolute Gasteiger partial charge is 0.497 e. The first-order valence-electron chi connectivity index (χ1n) is 10.6. The first-order valence-corrected chi connectivity index (χ1v) is 10.6. The zero-order valence-corrected chi connectivity index (χ0v) is 18.7. The first-order chi connectivity index (χ1) is 14.8. The summed E-state index contributed by atoms with van der Waals surface area (Å²) in [5.41, 5.74) is 5.57.